The van der Waals surface area contributed by atoms with Crippen molar-refractivity contribution in [1.82, 2.24) is 14.6 Å². The third-order valence-electron chi connectivity index (χ3n) is 3.44. The summed E-state index contributed by atoms with van der Waals surface area (Å²) in [4.78, 5) is 16.7. The van der Waals surface area contributed by atoms with Crippen molar-refractivity contribution >= 4 is 17.2 Å². The number of carbonyl (C=O) groups is 1. The number of aromatic nitrogens is 3. The molecule has 0 bridgehead atoms. The van der Waals surface area contributed by atoms with E-state index in [-0.39, 0.29) is 5.91 Å². The van der Waals surface area contributed by atoms with Crippen molar-refractivity contribution in [2.75, 3.05) is 5.32 Å². The van der Waals surface area contributed by atoms with E-state index in [4.69, 9.17) is 0 Å². The third-order valence-corrected chi connectivity index (χ3v) is 3.44. The van der Waals surface area contributed by atoms with Crippen molar-refractivity contribution in [2.24, 2.45) is 0 Å². The van der Waals surface area contributed by atoms with Crippen LogP contribution in [0.5, 0.6) is 0 Å². The van der Waals surface area contributed by atoms with Crippen LogP contribution in [-0.4, -0.2) is 20.5 Å². The van der Waals surface area contributed by atoms with Gasteiger partial charge in [-0.15, -0.1) is 0 Å². The fourth-order valence-corrected chi connectivity index (χ4v) is 2.56. The van der Waals surface area contributed by atoms with Gasteiger partial charge in [0.1, 0.15) is 5.69 Å². The normalized spacial score (nSPS) is 10.8. The molecule has 0 radical (unpaired) electrons. The number of hydrogen-bond acceptors (Lipinski definition) is 3. The molecule has 0 fully saturated rings. The zero-order valence-electron chi connectivity index (χ0n) is 12.2. The largest absolute Gasteiger partial charge is 0.320 e. The second-order valence-corrected chi connectivity index (χ2v) is 5.16. The molecule has 0 aliphatic heterocycles. The highest BCUT2D eigenvalue weighted by atomic mass is 16.2. The van der Waals surface area contributed by atoms with E-state index in [0.717, 1.165) is 16.8 Å². The number of fused-ring (bicyclic) bond motifs is 1. The van der Waals surface area contributed by atoms with Crippen molar-refractivity contribution < 1.29 is 4.79 Å². The first-order chi connectivity index (χ1) is 10.1. The van der Waals surface area contributed by atoms with E-state index < -0.39 is 0 Å². The Kier molecular flexibility index (Phi) is 3.17. The molecule has 0 aliphatic rings. The summed E-state index contributed by atoms with van der Waals surface area (Å²) in [6.07, 6.45) is 3.24. The molecular formula is C16H16N4O. The van der Waals surface area contributed by atoms with Crippen LogP contribution in [0.15, 0.2) is 36.7 Å². The Morgan fingerprint density at radius 1 is 1.10 bits per heavy atom. The molecule has 1 aromatic carbocycles. The lowest BCUT2D eigenvalue weighted by atomic mass is 10.1. The maximum Gasteiger partial charge on any atom is 0.274 e. The summed E-state index contributed by atoms with van der Waals surface area (Å²) in [7, 11) is 0. The molecule has 0 saturated heterocycles. The van der Waals surface area contributed by atoms with Gasteiger partial charge in [-0.3, -0.25) is 4.79 Å². The van der Waals surface area contributed by atoms with Gasteiger partial charge in [-0.2, -0.15) is 5.10 Å². The predicted octanol–water partition coefficient (Wildman–Crippen LogP) is 2.91. The summed E-state index contributed by atoms with van der Waals surface area (Å²) >= 11 is 0. The highest BCUT2D eigenvalue weighted by Gasteiger charge is 2.14. The van der Waals surface area contributed by atoms with E-state index in [1.54, 1.807) is 24.5 Å². The van der Waals surface area contributed by atoms with Gasteiger partial charge in [0.25, 0.3) is 5.91 Å². The van der Waals surface area contributed by atoms with Gasteiger partial charge < -0.3 is 5.32 Å². The lowest BCUT2D eigenvalue weighted by molar-refractivity contribution is 0.101. The molecule has 2 aromatic heterocycles. The molecule has 0 atom stereocenters. The highest BCUT2D eigenvalue weighted by molar-refractivity contribution is 6.04. The Morgan fingerprint density at radius 2 is 1.81 bits per heavy atom. The Balaban J connectivity index is 1.99. The molecule has 3 rings (SSSR count). The fourth-order valence-electron chi connectivity index (χ4n) is 2.56. The minimum atomic E-state index is -0.193. The summed E-state index contributed by atoms with van der Waals surface area (Å²) < 4.78 is 1.54. The number of carbonyl (C=O) groups excluding carboxylic acids is 1. The molecule has 1 amide bonds. The van der Waals surface area contributed by atoms with Crippen molar-refractivity contribution in [3.63, 3.8) is 0 Å². The number of rotatable bonds is 2. The van der Waals surface area contributed by atoms with Crippen LogP contribution in [0.4, 0.5) is 5.69 Å². The first-order valence-corrected chi connectivity index (χ1v) is 6.74. The number of benzene rings is 1. The number of aryl methyl sites for hydroxylation is 3. The number of nitrogens with one attached hydrogen (secondary N) is 1. The molecule has 2 heterocycles. The maximum atomic E-state index is 12.5. The van der Waals surface area contributed by atoms with E-state index in [1.807, 2.05) is 20.8 Å². The minimum Gasteiger partial charge on any atom is -0.320 e. The fraction of sp³-hybridized carbons (Fsp3) is 0.188. The topological polar surface area (TPSA) is 59.3 Å². The van der Waals surface area contributed by atoms with Crippen LogP contribution >= 0.6 is 0 Å². The quantitative estimate of drug-likeness (QED) is 0.785. The van der Waals surface area contributed by atoms with Crippen LogP contribution in [0, 0.1) is 20.8 Å². The number of amides is 1. The Labute approximate surface area is 122 Å². The lowest BCUT2D eigenvalue weighted by Crippen LogP contribution is -2.18. The second kappa shape index (κ2) is 5.01. The summed E-state index contributed by atoms with van der Waals surface area (Å²) in [6.45, 7) is 6.03. The Bertz CT molecular complexity index is 812. The number of hydrogen-bond donors (Lipinski definition) is 1. The summed E-state index contributed by atoms with van der Waals surface area (Å²) in [5.41, 5.74) is 5.24. The van der Waals surface area contributed by atoms with Gasteiger partial charge in [0.05, 0.1) is 6.20 Å². The molecular weight excluding hydrogens is 264 g/mol. The first kappa shape index (κ1) is 13.3. The second-order valence-electron chi connectivity index (χ2n) is 5.16. The van der Waals surface area contributed by atoms with Crippen molar-refractivity contribution in [3.8, 4) is 0 Å². The monoisotopic (exact) mass is 280 g/mol. The van der Waals surface area contributed by atoms with Gasteiger partial charge in [0.2, 0.25) is 0 Å². The zero-order valence-corrected chi connectivity index (χ0v) is 12.2. The van der Waals surface area contributed by atoms with E-state index in [1.165, 1.54) is 10.1 Å². The average molecular weight is 280 g/mol. The van der Waals surface area contributed by atoms with E-state index in [2.05, 4.69) is 27.5 Å². The van der Waals surface area contributed by atoms with E-state index >= 15 is 0 Å². The van der Waals surface area contributed by atoms with Crippen molar-refractivity contribution in [3.05, 3.63) is 59.0 Å². The van der Waals surface area contributed by atoms with Gasteiger partial charge in [-0.05, 0) is 38.0 Å². The summed E-state index contributed by atoms with van der Waals surface area (Å²) in [5.74, 6) is -0.193. The molecule has 1 N–H and O–H groups in total. The molecule has 21 heavy (non-hydrogen) atoms. The van der Waals surface area contributed by atoms with Crippen molar-refractivity contribution in [2.45, 2.75) is 20.8 Å². The van der Waals surface area contributed by atoms with Gasteiger partial charge >= 0.3 is 0 Å². The van der Waals surface area contributed by atoms with Gasteiger partial charge in [0, 0.05) is 18.0 Å². The summed E-state index contributed by atoms with van der Waals surface area (Å²) in [6, 6.07) is 7.53. The Morgan fingerprint density at radius 3 is 2.52 bits per heavy atom. The zero-order chi connectivity index (χ0) is 15.0. The molecule has 106 valence electrons. The van der Waals surface area contributed by atoms with Crippen LogP contribution in [0.3, 0.4) is 0 Å². The lowest BCUT2D eigenvalue weighted by Gasteiger charge is -2.13. The average Bonchev–Trinajstić information content (AvgIpc) is 2.90. The SMILES string of the molecule is Cc1cc(C)c(NC(=O)c2ccnc3ccnn23)c(C)c1. The molecule has 0 aliphatic carbocycles. The molecule has 0 spiro atoms. The van der Waals surface area contributed by atoms with Gasteiger partial charge in [0.15, 0.2) is 5.65 Å². The van der Waals surface area contributed by atoms with Crippen molar-refractivity contribution in [1.29, 1.82) is 0 Å². The molecule has 3 aromatic rings. The molecule has 5 nitrogen and oxygen atoms in total. The van der Waals surface area contributed by atoms with Crippen LogP contribution in [0.25, 0.3) is 5.65 Å². The highest BCUT2D eigenvalue weighted by Crippen LogP contribution is 2.22. The minimum absolute atomic E-state index is 0.193. The van der Waals surface area contributed by atoms with Gasteiger partial charge in [-0.1, -0.05) is 17.7 Å². The maximum absolute atomic E-state index is 12.5. The third kappa shape index (κ3) is 2.38. The van der Waals surface area contributed by atoms with Crippen LogP contribution < -0.4 is 5.32 Å². The number of nitrogens with zero attached hydrogens (tertiary/aromatic N) is 3. The van der Waals surface area contributed by atoms with E-state index in [9.17, 15) is 4.79 Å². The van der Waals surface area contributed by atoms with Crippen LogP contribution in [0.1, 0.15) is 27.2 Å². The molecule has 5 heteroatoms. The first-order valence-electron chi connectivity index (χ1n) is 6.74. The van der Waals surface area contributed by atoms with E-state index in [0.29, 0.717) is 11.3 Å². The summed E-state index contributed by atoms with van der Waals surface area (Å²) in [5, 5.41) is 7.11. The number of anilines is 1. The van der Waals surface area contributed by atoms with Gasteiger partial charge in [-0.25, -0.2) is 9.50 Å². The van der Waals surface area contributed by atoms with Crippen LogP contribution in [0.2, 0.25) is 0 Å². The van der Waals surface area contributed by atoms with Crippen LogP contribution in [-0.2, 0) is 0 Å². The molecule has 0 saturated carbocycles. The predicted molar refractivity (Wildman–Crippen MR) is 81.6 cm³/mol. The smallest absolute Gasteiger partial charge is 0.274 e. The Hall–Kier alpha value is -2.69. The molecule has 0 unspecified atom stereocenters. The standard InChI is InChI=1S/C16H16N4O/c1-10-8-11(2)15(12(3)9-10)19-16(21)13-4-6-17-14-5-7-18-20(13)14/h4-9H,1-3H3,(H,19,21).